The number of benzene rings is 2. The highest BCUT2D eigenvalue weighted by Crippen LogP contribution is 2.22. The van der Waals surface area contributed by atoms with Crippen LogP contribution in [0.25, 0.3) is 0 Å². The summed E-state index contributed by atoms with van der Waals surface area (Å²) in [6.07, 6.45) is -0.897. The SMILES string of the molecule is CC(=O)c1cccc(NC(=O)[C@H](C)Oc2ccc(Br)cc2F)c1. The van der Waals surface area contributed by atoms with Gasteiger partial charge in [0.25, 0.3) is 5.91 Å². The van der Waals surface area contributed by atoms with E-state index in [0.717, 1.165) is 0 Å². The Labute approximate surface area is 141 Å². The average molecular weight is 380 g/mol. The molecule has 2 rings (SSSR count). The molecule has 0 radical (unpaired) electrons. The number of carbonyl (C=O) groups excluding carboxylic acids is 2. The van der Waals surface area contributed by atoms with E-state index in [0.29, 0.717) is 15.7 Å². The first kappa shape index (κ1) is 17.1. The molecule has 0 heterocycles. The lowest BCUT2D eigenvalue weighted by atomic mass is 10.1. The number of Topliss-reactive ketones (excluding diaryl/α,β-unsaturated/α-hetero) is 1. The van der Waals surface area contributed by atoms with Crippen molar-refractivity contribution < 1.29 is 18.7 Å². The number of ether oxygens (including phenoxy) is 1. The van der Waals surface area contributed by atoms with Crippen molar-refractivity contribution >= 4 is 33.3 Å². The molecule has 0 spiro atoms. The van der Waals surface area contributed by atoms with Gasteiger partial charge in [-0.3, -0.25) is 9.59 Å². The van der Waals surface area contributed by atoms with Gasteiger partial charge in [0.1, 0.15) is 0 Å². The molecular formula is C17H15BrFNO3. The maximum atomic E-state index is 13.7. The number of halogens is 2. The smallest absolute Gasteiger partial charge is 0.265 e. The highest BCUT2D eigenvalue weighted by Gasteiger charge is 2.17. The van der Waals surface area contributed by atoms with Crippen molar-refractivity contribution in [2.45, 2.75) is 20.0 Å². The highest BCUT2D eigenvalue weighted by molar-refractivity contribution is 9.10. The summed E-state index contributed by atoms with van der Waals surface area (Å²) in [4.78, 5) is 23.5. The minimum Gasteiger partial charge on any atom is -0.478 e. The van der Waals surface area contributed by atoms with Crippen molar-refractivity contribution in [2.75, 3.05) is 5.32 Å². The minimum atomic E-state index is -0.897. The van der Waals surface area contributed by atoms with Crippen LogP contribution in [0.3, 0.4) is 0 Å². The van der Waals surface area contributed by atoms with Gasteiger partial charge >= 0.3 is 0 Å². The Bertz CT molecular complexity index is 748. The highest BCUT2D eigenvalue weighted by atomic mass is 79.9. The molecule has 2 aromatic rings. The summed E-state index contributed by atoms with van der Waals surface area (Å²) in [5.74, 6) is -1.10. The zero-order valence-corrected chi connectivity index (χ0v) is 14.2. The Morgan fingerprint density at radius 2 is 1.96 bits per heavy atom. The molecule has 1 N–H and O–H groups in total. The number of hydrogen-bond donors (Lipinski definition) is 1. The van der Waals surface area contributed by atoms with Gasteiger partial charge in [-0.05, 0) is 44.2 Å². The standard InChI is InChI=1S/C17H15BrFNO3/c1-10(21)12-4-3-5-14(8-12)20-17(22)11(2)23-16-7-6-13(18)9-15(16)19/h3-9,11H,1-2H3,(H,20,22)/t11-/m0/s1. The van der Waals surface area contributed by atoms with Crippen molar-refractivity contribution in [3.63, 3.8) is 0 Å². The van der Waals surface area contributed by atoms with Crippen molar-refractivity contribution in [1.82, 2.24) is 0 Å². The van der Waals surface area contributed by atoms with E-state index in [1.807, 2.05) is 0 Å². The van der Waals surface area contributed by atoms with Crippen LogP contribution in [0.2, 0.25) is 0 Å². The summed E-state index contributed by atoms with van der Waals surface area (Å²) < 4.78 is 19.6. The van der Waals surface area contributed by atoms with Gasteiger partial charge in [-0.25, -0.2) is 4.39 Å². The Balaban J connectivity index is 2.05. The molecule has 2 aromatic carbocycles. The lowest BCUT2D eigenvalue weighted by molar-refractivity contribution is -0.122. The van der Waals surface area contributed by atoms with E-state index < -0.39 is 17.8 Å². The molecule has 0 aliphatic carbocycles. The first-order chi connectivity index (χ1) is 10.9. The summed E-state index contributed by atoms with van der Waals surface area (Å²) in [6.45, 7) is 2.97. The Kier molecular flexibility index (Phi) is 5.50. The first-order valence-electron chi connectivity index (χ1n) is 6.90. The number of anilines is 1. The van der Waals surface area contributed by atoms with Gasteiger partial charge in [0.2, 0.25) is 0 Å². The molecule has 4 nitrogen and oxygen atoms in total. The lowest BCUT2D eigenvalue weighted by Crippen LogP contribution is -2.30. The van der Waals surface area contributed by atoms with Crippen LogP contribution in [-0.2, 0) is 4.79 Å². The topological polar surface area (TPSA) is 55.4 Å². The fraction of sp³-hybridized carbons (Fsp3) is 0.176. The zero-order valence-electron chi connectivity index (χ0n) is 12.6. The number of rotatable bonds is 5. The molecule has 0 saturated heterocycles. The Morgan fingerprint density at radius 3 is 2.61 bits per heavy atom. The van der Waals surface area contributed by atoms with Crippen LogP contribution in [0.4, 0.5) is 10.1 Å². The molecule has 120 valence electrons. The second-order valence-electron chi connectivity index (χ2n) is 4.96. The average Bonchev–Trinajstić information content (AvgIpc) is 2.50. The first-order valence-corrected chi connectivity index (χ1v) is 7.69. The third kappa shape index (κ3) is 4.63. The van der Waals surface area contributed by atoms with E-state index in [4.69, 9.17) is 4.74 Å². The molecule has 0 aliphatic rings. The van der Waals surface area contributed by atoms with Gasteiger partial charge in [-0.2, -0.15) is 0 Å². The fourth-order valence-corrected chi connectivity index (χ4v) is 2.21. The van der Waals surface area contributed by atoms with E-state index in [9.17, 15) is 14.0 Å². The minimum absolute atomic E-state index is 0.00617. The molecule has 6 heteroatoms. The second-order valence-corrected chi connectivity index (χ2v) is 5.88. The number of nitrogens with one attached hydrogen (secondary N) is 1. The van der Waals surface area contributed by atoms with Gasteiger partial charge < -0.3 is 10.1 Å². The summed E-state index contributed by atoms with van der Waals surface area (Å²) in [5, 5.41) is 2.64. The predicted molar refractivity (Wildman–Crippen MR) is 89.3 cm³/mol. The van der Waals surface area contributed by atoms with Gasteiger partial charge in [0.05, 0.1) is 0 Å². The van der Waals surface area contributed by atoms with Gasteiger partial charge in [-0.15, -0.1) is 0 Å². The van der Waals surface area contributed by atoms with Crippen molar-refractivity contribution in [1.29, 1.82) is 0 Å². The van der Waals surface area contributed by atoms with Gasteiger partial charge in [0, 0.05) is 15.7 Å². The maximum absolute atomic E-state index is 13.7. The molecular weight excluding hydrogens is 365 g/mol. The monoisotopic (exact) mass is 379 g/mol. The Hall–Kier alpha value is -2.21. The quantitative estimate of drug-likeness (QED) is 0.792. The molecule has 1 atom stereocenters. The van der Waals surface area contributed by atoms with E-state index in [1.54, 1.807) is 30.3 Å². The number of carbonyl (C=O) groups is 2. The van der Waals surface area contributed by atoms with Gasteiger partial charge in [-0.1, -0.05) is 28.1 Å². The van der Waals surface area contributed by atoms with Crippen molar-refractivity contribution in [3.8, 4) is 5.75 Å². The zero-order chi connectivity index (χ0) is 17.0. The number of hydrogen-bond acceptors (Lipinski definition) is 3. The van der Waals surface area contributed by atoms with Crippen LogP contribution in [0.5, 0.6) is 5.75 Å². The van der Waals surface area contributed by atoms with E-state index in [-0.39, 0.29) is 11.5 Å². The molecule has 0 saturated carbocycles. The Morgan fingerprint density at radius 1 is 1.22 bits per heavy atom. The van der Waals surface area contributed by atoms with Crippen molar-refractivity contribution in [3.05, 3.63) is 58.3 Å². The van der Waals surface area contributed by atoms with Crippen LogP contribution in [0.1, 0.15) is 24.2 Å². The summed E-state index contributed by atoms with van der Waals surface area (Å²) >= 11 is 3.15. The third-order valence-electron chi connectivity index (χ3n) is 3.10. The normalized spacial score (nSPS) is 11.7. The molecule has 0 bridgehead atoms. The summed E-state index contributed by atoms with van der Waals surface area (Å²) in [6, 6.07) is 10.9. The summed E-state index contributed by atoms with van der Waals surface area (Å²) in [7, 11) is 0. The maximum Gasteiger partial charge on any atom is 0.265 e. The van der Waals surface area contributed by atoms with E-state index >= 15 is 0 Å². The molecule has 23 heavy (non-hydrogen) atoms. The fourth-order valence-electron chi connectivity index (χ4n) is 1.87. The van der Waals surface area contributed by atoms with E-state index in [1.165, 1.54) is 26.0 Å². The van der Waals surface area contributed by atoms with Crippen LogP contribution >= 0.6 is 15.9 Å². The lowest BCUT2D eigenvalue weighted by Gasteiger charge is -2.15. The largest absolute Gasteiger partial charge is 0.478 e. The number of amides is 1. The number of ketones is 1. The van der Waals surface area contributed by atoms with Gasteiger partial charge in [0.15, 0.2) is 23.5 Å². The van der Waals surface area contributed by atoms with Crippen molar-refractivity contribution in [2.24, 2.45) is 0 Å². The summed E-state index contributed by atoms with van der Waals surface area (Å²) in [5.41, 5.74) is 0.977. The van der Waals surface area contributed by atoms with Crippen LogP contribution in [0.15, 0.2) is 46.9 Å². The molecule has 0 aromatic heterocycles. The second kappa shape index (κ2) is 7.37. The van der Waals surface area contributed by atoms with Crippen LogP contribution in [-0.4, -0.2) is 17.8 Å². The van der Waals surface area contributed by atoms with E-state index in [2.05, 4.69) is 21.2 Å². The van der Waals surface area contributed by atoms with Crippen LogP contribution < -0.4 is 10.1 Å². The predicted octanol–water partition coefficient (Wildman–Crippen LogP) is 4.20. The molecule has 0 fully saturated rings. The third-order valence-corrected chi connectivity index (χ3v) is 3.60. The molecule has 0 aliphatic heterocycles. The van der Waals surface area contributed by atoms with Crippen LogP contribution in [0, 0.1) is 5.82 Å². The molecule has 1 amide bonds. The molecule has 0 unspecified atom stereocenters.